The number of nitrogens with one attached hydrogen (secondary N) is 1. The van der Waals surface area contributed by atoms with Crippen LogP contribution in [0.4, 0.5) is 13.2 Å². The largest absolute Gasteiger partial charge is 0.493 e. The van der Waals surface area contributed by atoms with Crippen molar-refractivity contribution >= 4 is 0 Å². The monoisotopic (exact) mass is 270 g/mol. The molecule has 0 unspecified atom stereocenters. The summed E-state index contributed by atoms with van der Waals surface area (Å²) in [7, 11) is 0. The Morgan fingerprint density at radius 2 is 2.11 bits per heavy atom. The van der Waals surface area contributed by atoms with E-state index >= 15 is 0 Å². The van der Waals surface area contributed by atoms with Gasteiger partial charge in [0, 0.05) is 0 Å². The first kappa shape index (κ1) is 13.7. The maximum atomic E-state index is 12.8. The second kappa shape index (κ2) is 5.49. The molecule has 0 amide bonds. The number of benzene rings is 1. The molecule has 0 saturated carbocycles. The fourth-order valence-corrected chi connectivity index (χ4v) is 1.84. The average molecular weight is 270 g/mol. The fraction of sp³-hybridized carbons (Fsp3) is 0.462. The van der Waals surface area contributed by atoms with Gasteiger partial charge in [0.25, 0.3) is 0 Å². The Morgan fingerprint density at radius 1 is 1.37 bits per heavy atom. The van der Waals surface area contributed by atoms with E-state index in [1.165, 1.54) is 12.1 Å². The molecule has 1 heterocycles. The topological polar surface area (TPSA) is 45.0 Å². The Morgan fingerprint density at radius 3 is 2.63 bits per heavy atom. The summed E-state index contributed by atoms with van der Waals surface area (Å²) in [6.07, 6.45) is -3.79. The Labute approximate surface area is 109 Å². The van der Waals surface area contributed by atoms with Gasteiger partial charge in [-0.3, -0.25) is 0 Å². The van der Waals surface area contributed by atoms with Gasteiger partial charge in [-0.2, -0.15) is 18.4 Å². The van der Waals surface area contributed by atoms with E-state index in [4.69, 9.17) is 10.00 Å². The fourth-order valence-electron chi connectivity index (χ4n) is 1.84. The van der Waals surface area contributed by atoms with E-state index in [0.29, 0.717) is 5.92 Å². The molecule has 1 N–H and O–H groups in total. The van der Waals surface area contributed by atoms with Crippen molar-refractivity contribution in [2.24, 2.45) is 5.92 Å². The number of alkyl halides is 3. The molecule has 102 valence electrons. The SMILES string of the molecule is N#Cc1ccc(OCCC2CNC2)c(C(F)(F)F)c1. The van der Waals surface area contributed by atoms with E-state index in [2.05, 4.69) is 5.32 Å². The molecule has 1 aliphatic heterocycles. The van der Waals surface area contributed by atoms with Crippen LogP contribution in [0.1, 0.15) is 17.5 Å². The smallest absolute Gasteiger partial charge is 0.420 e. The summed E-state index contributed by atoms with van der Waals surface area (Å²) in [5.74, 6) is 0.270. The molecule has 1 saturated heterocycles. The summed E-state index contributed by atoms with van der Waals surface area (Å²) in [5.41, 5.74) is -0.916. The molecular weight excluding hydrogens is 257 g/mol. The van der Waals surface area contributed by atoms with Crippen LogP contribution in [0, 0.1) is 17.2 Å². The minimum atomic E-state index is -4.51. The highest BCUT2D eigenvalue weighted by Crippen LogP contribution is 2.36. The summed E-state index contributed by atoms with van der Waals surface area (Å²) < 4.78 is 43.7. The van der Waals surface area contributed by atoms with Crippen molar-refractivity contribution in [3.8, 4) is 11.8 Å². The van der Waals surface area contributed by atoms with Gasteiger partial charge >= 0.3 is 6.18 Å². The molecule has 1 fully saturated rings. The second-order valence-electron chi connectivity index (χ2n) is 4.48. The molecule has 1 aliphatic rings. The first-order chi connectivity index (χ1) is 9.00. The predicted octanol–water partition coefficient (Wildman–Crippen LogP) is 2.57. The molecule has 6 heteroatoms. The Balaban J connectivity index is 2.07. The van der Waals surface area contributed by atoms with Crippen LogP contribution in [0.3, 0.4) is 0 Å². The van der Waals surface area contributed by atoms with Crippen molar-refractivity contribution < 1.29 is 17.9 Å². The molecule has 19 heavy (non-hydrogen) atoms. The number of rotatable bonds is 4. The van der Waals surface area contributed by atoms with Crippen LogP contribution in [0.5, 0.6) is 5.75 Å². The molecule has 0 spiro atoms. The van der Waals surface area contributed by atoms with Gasteiger partial charge in [0.15, 0.2) is 0 Å². The molecular formula is C13H13F3N2O. The van der Waals surface area contributed by atoms with Gasteiger partial charge < -0.3 is 10.1 Å². The van der Waals surface area contributed by atoms with Crippen molar-refractivity contribution in [3.05, 3.63) is 29.3 Å². The first-order valence-corrected chi connectivity index (χ1v) is 5.95. The highest BCUT2D eigenvalue weighted by atomic mass is 19.4. The lowest BCUT2D eigenvalue weighted by molar-refractivity contribution is -0.139. The number of hydrogen-bond acceptors (Lipinski definition) is 3. The van der Waals surface area contributed by atoms with E-state index in [1.807, 2.05) is 0 Å². The third kappa shape index (κ3) is 3.38. The maximum absolute atomic E-state index is 12.8. The normalized spacial score (nSPS) is 15.7. The van der Waals surface area contributed by atoms with E-state index in [-0.39, 0.29) is 17.9 Å². The third-order valence-corrected chi connectivity index (χ3v) is 3.06. The second-order valence-corrected chi connectivity index (χ2v) is 4.48. The van der Waals surface area contributed by atoms with Gasteiger partial charge in [0.2, 0.25) is 0 Å². The molecule has 1 aromatic carbocycles. The average Bonchev–Trinajstić information content (AvgIpc) is 2.31. The Hall–Kier alpha value is -1.74. The summed E-state index contributed by atoms with van der Waals surface area (Å²) in [4.78, 5) is 0. The summed E-state index contributed by atoms with van der Waals surface area (Å²) >= 11 is 0. The molecule has 2 rings (SSSR count). The van der Waals surface area contributed by atoms with Crippen molar-refractivity contribution in [1.82, 2.24) is 5.32 Å². The minimum absolute atomic E-state index is 0.0251. The van der Waals surface area contributed by atoms with E-state index < -0.39 is 11.7 Å². The number of nitrogens with zero attached hydrogens (tertiary/aromatic N) is 1. The van der Waals surface area contributed by atoms with Crippen LogP contribution < -0.4 is 10.1 Å². The minimum Gasteiger partial charge on any atom is -0.493 e. The molecule has 0 aromatic heterocycles. The zero-order valence-electron chi connectivity index (χ0n) is 10.1. The highest BCUT2D eigenvalue weighted by molar-refractivity contribution is 5.43. The van der Waals surface area contributed by atoms with Crippen LogP contribution in [0.15, 0.2) is 18.2 Å². The molecule has 3 nitrogen and oxygen atoms in total. The Bertz CT molecular complexity index is 490. The lowest BCUT2D eigenvalue weighted by Crippen LogP contribution is -2.42. The standard InChI is InChI=1S/C13H13F3N2O/c14-13(15,16)11-5-9(6-17)1-2-12(11)19-4-3-10-7-18-8-10/h1-2,5,10,18H,3-4,7-8H2. The molecule has 0 aliphatic carbocycles. The lowest BCUT2D eigenvalue weighted by atomic mass is 10.0. The van der Waals surface area contributed by atoms with E-state index in [9.17, 15) is 13.2 Å². The molecule has 0 radical (unpaired) electrons. The molecule has 1 aromatic rings. The van der Waals surface area contributed by atoms with Crippen LogP contribution in [-0.4, -0.2) is 19.7 Å². The maximum Gasteiger partial charge on any atom is 0.420 e. The Kier molecular flexibility index (Phi) is 3.96. The molecule has 0 atom stereocenters. The highest BCUT2D eigenvalue weighted by Gasteiger charge is 2.34. The van der Waals surface area contributed by atoms with Crippen LogP contribution in [-0.2, 0) is 6.18 Å². The third-order valence-electron chi connectivity index (χ3n) is 3.06. The zero-order chi connectivity index (χ0) is 13.9. The lowest BCUT2D eigenvalue weighted by Gasteiger charge is -2.27. The van der Waals surface area contributed by atoms with E-state index in [0.717, 1.165) is 25.6 Å². The van der Waals surface area contributed by atoms with Gasteiger partial charge in [0.1, 0.15) is 5.75 Å². The van der Waals surface area contributed by atoms with Gasteiger partial charge in [-0.1, -0.05) is 0 Å². The number of hydrogen-bond donors (Lipinski definition) is 1. The summed E-state index contributed by atoms with van der Waals surface area (Å²) in [5, 5.41) is 11.7. The number of ether oxygens (including phenoxy) is 1. The number of nitriles is 1. The first-order valence-electron chi connectivity index (χ1n) is 5.95. The quantitative estimate of drug-likeness (QED) is 0.914. The van der Waals surface area contributed by atoms with E-state index in [1.54, 1.807) is 6.07 Å². The van der Waals surface area contributed by atoms with Crippen molar-refractivity contribution in [1.29, 1.82) is 5.26 Å². The predicted molar refractivity (Wildman–Crippen MR) is 62.6 cm³/mol. The zero-order valence-corrected chi connectivity index (χ0v) is 10.1. The summed E-state index contributed by atoms with van der Waals surface area (Å²) in [6, 6.07) is 5.05. The molecule has 0 bridgehead atoms. The van der Waals surface area contributed by atoms with Crippen LogP contribution in [0.2, 0.25) is 0 Å². The van der Waals surface area contributed by atoms with Gasteiger partial charge in [0.05, 0.1) is 23.8 Å². The van der Waals surface area contributed by atoms with Gasteiger partial charge in [-0.25, -0.2) is 0 Å². The van der Waals surface area contributed by atoms with Crippen LogP contribution in [0.25, 0.3) is 0 Å². The number of halogens is 3. The summed E-state index contributed by atoms with van der Waals surface area (Å²) in [6.45, 7) is 2.03. The van der Waals surface area contributed by atoms with Crippen molar-refractivity contribution in [2.45, 2.75) is 12.6 Å². The van der Waals surface area contributed by atoms with Crippen molar-refractivity contribution in [3.63, 3.8) is 0 Å². The van der Waals surface area contributed by atoms with Crippen molar-refractivity contribution in [2.75, 3.05) is 19.7 Å². The van der Waals surface area contributed by atoms with Gasteiger partial charge in [-0.15, -0.1) is 0 Å². The van der Waals surface area contributed by atoms with Crippen LogP contribution >= 0.6 is 0 Å². The van der Waals surface area contributed by atoms with Gasteiger partial charge in [-0.05, 0) is 43.6 Å².